The van der Waals surface area contributed by atoms with Gasteiger partial charge in [0, 0.05) is 20.9 Å². The third kappa shape index (κ3) is 4.57. The fourth-order valence-electron chi connectivity index (χ4n) is 2.20. The summed E-state index contributed by atoms with van der Waals surface area (Å²) in [5.74, 6) is 0. The first-order chi connectivity index (χ1) is 11.2. The monoisotopic (exact) mass is 527 g/mol. The van der Waals surface area contributed by atoms with Crippen LogP contribution in [0, 0.1) is 0 Å². The number of allylic oxidation sites excluding steroid dienone is 1. The largest absolute Gasteiger partial charge is 1.00 e. The van der Waals surface area contributed by atoms with Gasteiger partial charge in [-0.25, -0.2) is 4.99 Å². The molecule has 124 valence electrons. The molecule has 0 aliphatic rings. The number of benzene rings is 2. The summed E-state index contributed by atoms with van der Waals surface area (Å²) < 4.78 is 4.31. The van der Waals surface area contributed by atoms with Crippen molar-refractivity contribution in [1.82, 2.24) is 4.57 Å². The van der Waals surface area contributed by atoms with Gasteiger partial charge in [-0.2, -0.15) is 0 Å². The van der Waals surface area contributed by atoms with E-state index in [2.05, 4.69) is 72.7 Å². The average Bonchev–Trinajstić information content (AvgIpc) is 2.94. The fraction of sp³-hybridized carbons (Fsp3) is 0.0556. The highest BCUT2D eigenvalue weighted by Gasteiger charge is 2.07. The lowest BCUT2D eigenvalue weighted by Crippen LogP contribution is -3.00. The Morgan fingerprint density at radius 1 is 1.00 bits per heavy atom. The second-order valence-corrected chi connectivity index (χ2v) is 7.57. The van der Waals surface area contributed by atoms with E-state index >= 15 is 0 Å². The highest BCUT2D eigenvalue weighted by atomic mass is 79.9. The normalized spacial score (nSPS) is 11.2. The molecule has 24 heavy (non-hydrogen) atoms. The van der Waals surface area contributed by atoms with Crippen molar-refractivity contribution in [2.24, 2.45) is 4.99 Å². The highest BCUT2D eigenvalue weighted by molar-refractivity contribution is 9.10. The molecule has 0 saturated heterocycles. The standard InChI is InChI=1S/C18H14Br2N2S.BrH/c1-2-11-22-17(13-3-5-14(19)6-4-13)12-23-18(22)21-16-9-7-15(20)8-10-16;/h2-10,12H,1,11H2;1H/p-1. The minimum absolute atomic E-state index is 0. The molecule has 0 atom stereocenters. The maximum absolute atomic E-state index is 4.77. The maximum atomic E-state index is 4.77. The van der Waals surface area contributed by atoms with Crippen LogP contribution in [-0.4, -0.2) is 4.57 Å². The molecule has 1 heterocycles. The van der Waals surface area contributed by atoms with Crippen LogP contribution in [0.3, 0.4) is 0 Å². The summed E-state index contributed by atoms with van der Waals surface area (Å²) in [5.41, 5.74) is 3.26. The number of rotatable bonds is 4. The summed E-state index contributed by atoms with van der Waals surface area (Å²) in [5, 5.41) is 2.14. The predicted molar refractivity (Wildman–Crippen MR) is 105 cm³/mol. The van der Waals surface area contributed by atoms with E-state index in [0.717, 1.165) is 31.7 Å². The number of thiazole rings is 1. The minimum Gasteiger partial charge on any atom is -1.00 e. The summed E-state index contributed by atoms with van der Waals surface area (Å²) >= 11 is 8.57. The van der Waals surface area contributed by atoms with Gasteiger partial charge in [0.15, 0.2) is 4.80 Å². The number of hydrogen-bond acceptors (Lipinski definition) is 2. The molecule has 1 aromatic heterocycles. The quantitative estimate of drug-likeness (QED) is 0.462. The number of hydrogen-bond donors (Lipinski definition) is 0. The molecule has 0 N–H and O–H groups in total. The van der Waals surface area contributed by atoms with E-state index in [0.29, 0.717) is 0 Å². The summed E-state index contributed by atoms with van der Waals surface area (Å²) in [4.78, 5) is 5.73. The molecule has 0 aliphatic carbocycles. The second kappa shape index (κ2) is 8.94. The summed E-state index contributed by atoms with van der Waals surface area (Å²) in [6, 6.07) is 16.3. The van der Waals surface area contributed by atoms with Gasteiger partial charge in [0.2, 0.25) is 0 Å². The van der Waals surface area contributed by atoms with Gasteiger partial charge in [-0.1, -0.05) is 50.1 Å². The molecule has 0 spiro atoms. The molecule has 0 unspecified atom stereocenters. The van der Waals surface area contributed by atoms with E-state index in [4.69, 9.17) is 4.99 Å². The van der Waals surface area contributed by atoms with E-state index in [-0.39, 0.29) is 17.0 Å². The van der Waals surface area contributed by atoms with Crippen molar-refractivity contribution in [2.75, 3.05) is 0 Å². The zero-order valence-electron chi connectivity index (χ0n) is 12.6. The molecule has 2 nitrogen and oxygen atoms in total. The van der Waals surface area contributed by atoms with Crippen molar-refractivity contribution in [1.29, 1.82) is 0 Å². The summed E-state index contributed by atoms with van der Waals surface area (Å²) in [7, 11) is 0. The van der Waals surface area contributed by atoms with Gasteiger partial charge in [-0.15, -0.1) is 17.9 Å². The van der Waals surface area contributed by atoms with Crippen LogP contribution in [0.4, 0.5) is 5.69 Å². The minimum atomic E-state index is 0. The van der Waals surface area contributed by atoms with E-state index in [1.807, 2.05) is 30.3 Å². The molecule has 0 radical (unpaired) electrons. The highest BCUT2D eigenvalue weighted by Crippen LogP contribution is 2.23. The SMILES string of the molecule is C=CCn1c(-c2ccc(Br)cc2)csc1=Nc1ccc(Br)cc1.[Br-]. The Balaban J connectivity index is 0.00000208. The summed E-state index contributed by atoms with van der Waals surface area (Å²) in [6.07, 6.45) is 1.90. The first kappa shape index (κ1) is 19.4. The van der Waals surface area contributed by atoms with E-state index < -0.39 is 0 Å². The van der Waals surface area contributed by atoms with Crippen molar-refractivity contribution in [2.45, 2.75) is 6.54 Å². The summed E-state index contributed by atoms with van der Waals surface area (Å²) in [6.45, 7) is 4.60. The Labute approximate surface area is 172 Å². The van der Waals surface area contributed by atoms with Crippen LogP contribution in [0.15, 0.2) is 80.5 Å². The van der Waals surface area contributed by atoms with Crippen LogP contribution < -0.4 is 21.8 Å². The molecule has 0 aliphatic heterocycles. The van der Waals surface area contributed by atoms with E-state index in [1.54, 1.807) is 11.3 Å². The topological polar surface area (TPSA) is 17.3 Å². The fourth-order valence-corrected chi connectivity index (χ4v) is 3.67. The van der Waals surface area contributed by atoms with Crippen molar-refractivity contribution in [3.05, 3.63) is 80.3 Å². The molecule has 3 rings (SSSR count). The zero-order valence-corrected chi connectivity index (χ0v) is 18.2. The van der Waals surface area contributed by atoms with E-state index in [9.17, 15) is 0 Å². The van der Waals surface area contributed by atoms with Crippen LogP contribution in [0.2, 0.25) is 0 Å². The molecule has 0 fully saturated rings. The lowest BCUT2D eigenvalue weighted by molar-refractivity contribution is -0.00000429. The van der Waals surface area contributed by atoms with Gasteiger partial charge < -0.3 is 21.5 Å². The number of aromatic nitrogens is 1. The molecular weight excluding hydrogens is 516 g/mol. The molecule has 2 aromatic carbocycles. The van der Waals surface area contributed by atoms with Crippen LogP contribution in [0.5, 0.6) is 0 Å². The van der Waals surface area contributed by atoms with Crippen molar-refractivity contribution in [3.8, 4) is 11.3 Å². The molecule has 0 bridgehead atoms. The lowest BCUT2D eigenvalue weighted by atomic mass is 10.2. The van der Waals surface area contributed by atoms with Gasteiger partial charge in [-0.3, -0.25) is 0 Å². The van der Waals surface area contributed by atoms with Gasteiger partial charge in [0.05, 0.1) is 11.4 Å². The van der Waals surface area contributed by atoms with Crippen LogP contribution in [0.25, 0.3) is 11.3 Å². The molecule has 0 saturated carbocycles. The lowest BCUT2D eigenvalue weighted by Gasteiger charge is -2.06. The number of halogens is 3. The molecule has 3 aromatic rings. The van der Waals surface area contributed by atoms with Gasteiger partial charge >= 0.3 is 0 Å². The molecule has 6 heteroatoms. The van der Waals surface area contributed by atoms with Crippen LogP contribution >= 0.6 is 43.2 Å². The second-order valence-electron chi connectivity index (χ2n) is 4.90. The Morgan fingerprint density at radius 3 is 2.17 bits per heavy atom. The predicted octanol–water partition coefficient (Wildman–Crippen LogP) is 3.16. The first-order valence-corrected chi connectivity index (χ1v) is 9.49. The van der Waals surface area contributed by atoms with Gasteiger partial charge in [-0.05, 0) is 42.0 Å². The Morgan fingerprint density at radius 2 is 1.58 bits per heavy atom. The van der Waals surface area contributed by atoms with Crippen molar-refractivity contribution >= 4 is 48.9 Å². The van der Waals surface area contributed by atoms with Crippen LogP contribution in [0.1, 0.15) is 0 Å². The maximum Gasteiger partial charge on any atom is 0.190 e. The van der Waals surface area contributed by atoms with Gasteiger partial charge in [0.25, 0.3) is 0 Å². The Bertz CT molecular complexity index is 878. The number of nitrogens with zero attached hydrogens (tertiary/aromatic N) is 2. The third-order valence-corrected chi connectivity index (χ3v) is 5.22. The Hall–Kier alpha value is -0.950. The molecule has 0 amide bonds. The average molecular weight is 530 g/mol. The smallest absolute Gasteiger partial charge is 0.190 e. The zero-order chi connectivity index (χ0) is 16.2. The third-order valence-electron chi connectivity index (χ3n) is 3.30. The molecular formula is C18H14Br3N2S-. The Kier molecular flexibility index (Phi) is 7.22. The first-order valence-electron chi connectivity index (χ1n) is 7.03. The van der Waals surface area contributed by atoms with E-state index in [1.165, 1.54) is 5.56 Å². The van der Waals surface area contributed by atoms with Crippen LogP contribution in [-0.2, 0) is 6.54 Å². The van der Waals surface area contributed by atoms with Crippen molar-refractivity contribution in [3.63, 3.8) is 0 Å². The van der Waals surface area contributed by atoms with Gasteiger partial charge in [0.1, 0.15) is 0 Å². The van der Waals surface area contributed by atoms with Crippen molar-refractivity contribution < 1.29 is 17.0 Å².